The van der Waals surface area contributed by atoms with Crippen molar-refractivity contribution in [2.24, 2.45) is 11.8 Å². The van der Waals surface area contributed by atoms with E-state index in [0.717, 1.165) is 12.5 Å². The first kappa shape index (κ1) is 15.3. The highest BCUT2D eigenvalue weighted by atomic mass is 16.5. The van der Waals surface area contributed by atoms with Crippen LogP contribution in [0.1, 0.15) is 58.3 Å². The molecule has 0 spiro atoms. The summed E-state index contributed by atoms with van der Waals surface area (Å²) in [5.41, 5.74) is 0. The Bertz CT molecular complexity index is 243. The first-order valence-corrected chi connectivity index (χ1v) is 8.26. The molecule has 2 fully saturated rings. The zero-order valence-corrected chi connectivity index (χ0v) is 12.4. The first-order valence-electron chi connectivity index (χ1n) is 8.26. The average molecular weight is 269 g/mol. The maximum atomic E-state index is 9.90. The van der Waals surface area contributed by atoms with Crippen LogP contribution >= 0.6 is 0 Å². The first-order chi connectivity index (χ1) is 9.25. The molecule has 0 saturated heterocycles. The van der Waals surface area contributed by atoms with Crippen molar-refractivity contribution in [1.29, 1.82) is 0 Å². The van der Waals surface area contributed by atoms with Crippen molar-refractivity contribution in [3.05, 3.63) is 0 Å². The lowest BCUT2D eigenvalue weighted by Gasteiger charge is -2.29. The van der Waals surface area contributed by atoms with E-state index in [1.807, 2.05) is 0 Å². The summed E-state index contributed by atoms with van der Waals surface area (Å²) in [5.74, 6) is 1.68. The monoisotopic (exact) mass is 269 g/mol. The summed E-state index contributed by atoms with van der Waals surface area (Å²) in [4.78, 5) is 0. The normalized spacial score (nSPS) is 29.4. The minimum Gasteiger partial charge on any atom is -0.389 e. The molecule has 0 aromatic heterocycles. The van der Waals surface area contributed by atoms with Crippen molar-refractivity contribution < 1.29 is 9.84 Å². The quantitative estimate of drug-likeness (QED) is 0.632. The van der Waals surface area contributed by atoms with Crippen molar-refractivity contribution in [3.63, 3.8) is 0 Å². The van der Waals surface area contributed by atoms with Crippen LogP contribution < -0.4 is 5.32 Å². The standard InChI is InChI=1S/C16H31NO2/c1-13-5-2-3-7-16(13)19-12-15(18)11-17-10-4-6-14-8-9-14/h13-18H,2-12H2,1H3. The summed E-state index contributed by atoms with van der Waals surface area (Å²) in [6.45, 7) is 4.47. The number of nitrogens with one attached hydrogen (secondary N) is 1. The van der Waals surface area contributed by atoms with Crippen molar-refractivity contribution >= 4 is 0 Å². The average Bonchev–Trinajstić information content (AvgIpc) is 3.21. The summed E-state index contributed by atoms with van der Waals surface area (Å²) in [7, 11) is 0. The van der Waals surface area contributed by atoms with Gasteiger partial charge in [0.2, 0.25) is 0 Å². The SMILES string of the molecule is CC1CCCCC1OCC(O)CNCCCC1CC1. The van der Waals surface area contributed by atoms with E-state index in [1.165, 1.54) is 51.4 Å². The highest BCUT2D eigenvalue weighted by molar-refractivity contribution is 4.74. The maximum absolute atomic E-state index is 9.90. The van der Waals surface area contributed by atoms with Crippen LogP contribution in [0.4, 0.5) is 0 Å². The van der Waals surface area contributed by atoms with Gasteiger partial charge in [0.15, 0.2) is 0 Å². The summed E-state index contributed by atoms with van der Waals surface area (Å²) >= 11 is 0. The Kier molecular flexibility index (Phi) is 6.62. The highest BCUT2D eigenvalue weighted by Crippen LogP contribution is 2.33. The summed E-state index contributed by atoms with van der Waals surface area (Å²) in [5, 5.41) is 13.2. The Morgan fingerprint density at radius 1 is 1.21 bits per heavy atom. The van der Waals surface area contributed by atoms with Crippen LogP contribution in [-0.4, -0.2) is 37.0 Å². The van der Waals surface area contributed by atoms with Gasteiger partial charge >= 0.3 is 0 Å². The lowest BCUT2D eigenvalue weighted by Crippen LogP contribution is -2.34. The predicted molar refractivity (Wildman–Crippen MR) is 78.2 cm³/mol. The van der Waals surface area contributed by atoms with Gasteiger partial charge in [0, 0.05) is 6.54 Å². The van der Waals surface area contributed by atoms with Gasteiger partial charge in [-0.3, -0.25) is 0 Å². The van der Waals surface area contributed by atoms with Crippen LogP contribution in [-0.2, 0) is 4.74 Å². The molecule has 3 unspecified atom stereocenters. The van der Waals surface area contributed by atoms with Gasteiger partial charge in [-0.05, 0) is 44.1 Å². The molecular formula is C16H31NO2. The number of aliphatic hydroxyl groups is 1. The second kappa shape index (κ2) is 8.23. The van der Waals surface area contributed by atoms with Crippen LogP contribution in [0.15, 0.2) is 0 Å². The summed E-state index contributed by atoms with van der Waals surface area (Å²) in [6, 6.07) is 0. The zero-order valence-electron chi connectivity index (χ0n) is 12.4. The molecular weight excluding hydrogens is 238 g/mol. The molecule has 112 valence electrons. The summed E-state index contributed by atoms with van der Waals surface area (Å²) in [6.07, 6.45) is 10.6. The fourth-order valence-electron chi connectivity index (χ4n) is 3.01. The Balaban J connectivity index is 1.45. The third-order valence-electron chi connectivity index (χ3n) is 4.58. The van der Waals surface area contributed by atoms with E-state index < -0.39 is 0 Å². The molecule has 2 saturated carbocycles. The molecule has 2 rings (SSSR count). The number of ether oxygens (including phenoxy) is 1. The third kappa shape index (κ3) is 6.24. The van der Waals surface area contributed by atoms with Gasteiger partial charge in [-0.1, -0.05) is 32.6 Å². The van der Waals surface area contributed by atoms with Crippen molar-refractivity contribution in [2.75, 3.05) is 19.7 Å². The Morgan fingerprint density at radius 3 is 2.74 bits per heavy atom. The number of rotatable bonds is 9. The van der Waals surface area contributed by atoms with E-state index in [4.69, 9.17) is 4.74 Å². The molecule has 19 heavy (non-hydrogen) atoms. The van der Waals surface area contributed by atoms with Crippen LogP contribution in [0.3, 0.4) is 0 Å². The van der Waals surface area contributed by atoms with Gasteiger partial charge in [0.1, 0.15) is 0 Å². The lowest BCUT2D eigenvalue weighted by atomic mass is 9.88. The molecule has 0 aromatic rings. The number of hydrogen-bond acceptors (Lipinski definition) is 3. The fourth-order valence-corrected chi connectivity index (χ4v) is 3.01. The summed E-state index contributed by atoms with van der Waals surface area (Å²) < 4.78 is 5.87. The lowest BCUT2D eigenvalue weighted by molar-refractivity contribution is -0.0451. The number of hydrogen-bond donors (Lipinski definition) is 2. The van der Waals surface area contributed by atoms with E-state index >= 15 is 0 Å². The van der Waals surface area contributed by atoms with E-state index in [1.54, 1.807) is 0 Å². The molecule has 3 atom stereocenters. The van der Waals surface area contributed by atoms with Crippen molar-refractivity contribution in [2.45, 2.75) is 70.5 Å². The molecule has 2 aliphatic carbocycles. The molecule has 0 amide bonds. The van der Waals surface area contributed by atoms with Crippen LogP contribution in [0.25, 0.3) is 0 Å². The van der Waals surface area contributed by atoms with Crippen molar-refractivity contribution in [3.8, 4) is 0 Å². The van der Waals surface area contributed by atoms with E-state index in [9.17, 15) is 5.11 Å². The smallest absolute Gasteiger partial charge is 0.0897 e. The molecule has 0 heterocycles. The molecule has 2 aliphatic rings. The topological polar surface area (TPSA) is 41.5 Å². The van der Waals surface area contributed by atoms with Gasteiger partial charge in [0.05, 0.1) is 18.8 Å². The van der Waals surface area contributed by atoms with Crippen molar-refractivity contribution in [1.82, 2.24) is 5.32 Å². The predicted octanol–water partition coefficient (Wildman–Crippen LogP) is 2.72. The Hall–Kier alpha value is -0.120. The fraction of sp³-hybridized carbons (Fsp3) is 1.00. The van der Waals surface area contributed by atoms with E-state index in [-0.39, 0.29) is 6.10 Å². The largest absolute Gasteiger partial charge is 0.389 e. The van der Waals surface area contributed by atoms with Crippen LogP contribution in [0.5, 0.6) is 0 Å². The minimum atomic E-state index is -0.352. The van der Waals surface area contributed by atoms with Gasteiger partial charge < -0.3 is 15.2 Å². The van der Waals surface area contributed by atoms with E-state index in [0.29, 0.717) is 25.2 Å². The Labute approximate surface area is 118 Å². The van der Waals surface area contributed by atoms with Gasteiger partial charge in [0.25, 0.3) is 0 Å². The molecule has 0 bridgehead atoms. The molecule has 0 aromatic carbocycles. The molecule has 3 nitrogen and oxygen atoms in total. The van der Waals surface area contributed by atoms with Crippen LogP contribution in [0.2, 0.25) is 0 Å². The molecule has 0 aliphatic heterocycles. The van der Waals surface area contributed by atoms with Gasteiger partial charge in [-0.15, -0.1) is 0 Å². The van der Waals surface area contributed by atoms with E-state index in [2.05, 4.69) is 12.2 Å². The zero-order chi connectivity index (χ0) is 13.5. The Morgan fingerprint density at radius 2 is 2.00 bits per heavy atom. The second-order valence-corrected chi connectivity index (χ2v) is 6.58. The van der Waals surface area contributed by atoms with Gasteiger partial charge in [-0.2, -0.15) is 0 Å². The molecule has 3 heteroatoms. The third-order valence-corrected chi connectivity index (χ3v) is 4.58. The van der Waals surface area contributed by atoms with Gasteiger partial charge in [-0.25, -0.2) is 0 Å². The maximum Gasteiger partial charge on any atom is 0.0897 e. The highest BCUT2D eigenvalue weighted by Gasteiger charge is 2.22. The van der Waals surface area contributed by atoms with Crippen LogP contribution in [0, 0.1) is 11.8 Å². The second-order valence-electron chi connectivity index (χ2n) is 6.58. The number of aliphatic hydroxyl groups excluding tert-OH is 1. The molecule has 0 radical (unpaired) electrons. The molecule has 2 N–H and O–H groups in total. The minimum absolute atomic E-state index is 0.352.